The minimum Gasteiger partial charge on any atom is -0.349 e. The molecule has 0 bridgehead atoms. The molecule has 0 aliphatic heterocycles. The first kappa shape index (κ1) is 18.1. The molecule has 2 amide bonds. The first-order chi connectivity index (χ1) is 12.5. The number of carbonyl (C=O) groups is 2. The van der Waals surface area contributed by atoms with Crippen molar-refractivity contribution < 1.29 is 14.0 Å². The van der Waals surface area contributed by atoms with Crippen molar-refractivity contribution >= 4 is 11.8 Å². The molecule has 1 aliphatic rings. The fourth-order valence-corrected chi connectivity index (χ4v) is 2.94. The summed E-state index contributed by atoms with van der Waals surface area (Å²) in [5.74, 6) is -0.550. The monoisotopic (exact) mass is 354 g/mol. The van der Waals surface area contributed by atoms with Gasteiger partial charge in [0.15, 0.2) is 0 Å². The van der Waals surface area contributed by atoms with E-state index in [9.17, 15) is 14.0 Å². The number of halogens is 1. The molecule has 26 heavy (non-hydrogen) atoms. The molecule has 0 aromatic heterocycles. The van der Waals surface area contributed by atoms with Gasteiger partial charge in [0.05, 0.1) is 0 Å². The molecule has 2 aromatic carbocycles. The molecule has 1 unspecified atom stereocenters. The molecule has 1 fully saturated rings. The molecule has 0 spiro atoms. The summed E-state index contributed by atoms with van der Waals surface area (Å²) in [5, 5.41) is 2.86. The Morgan fingerprint density at radius 2 is 1.77 bits per heavy atom. The van der Waals surface area contributed by atoms with Crippen LogP contribution >= 0.6 is 0 Å². The van der Waals surface area contributed by atoms with Crippen LogP contribution in [0.4, 0.5) is 4.39 Å². The molecular formula is C21H23FN2O2. The molecule has 5 heteroatoms. The van der Waals surface area contributed by atoms with Crippen molar-refractivity contribution in [2.45, 2.75) is 44.8 Å². The van der Waals surface area contributed by atoms with Crippen molar-refractivity contribution in [3.8, 4) is 0 Å². The summed E-state index contributed by atoms with van der Waals surface area (Å²) in [5.41, 5.74) is 1.09. The minimum atomic E-state index is -0.295. The lowest BCUT2D eigenvalue weighted by Gasteiger charge is -2.25. The Bertz CT molecular complexity index is 775. The molecule has 1 aliphatic carbocycles. The van der Waals surface area contributed by atoms with E-state index >= 15 is 0 Å². The maximum absolute atomic E-state index is 13.9. The Morgan fingerprint density at radius 3 is 2.42 bits per heavy atom. The fourth-order valence-electron chi connectivity index (χ4n) is 2.94. The van der Waals surface area contributed by atoms with E-state index in [2.05, 4.69) is 5.32 Å². The van der Waals surface area contributed by atoms with Crippen LogP contribution in [0.5, 0.6) is 0 Å². The normalized spacial score (nSPS) is 14.5. The highest BCUT2D eigenvalue weighted by molar-refractivity contribution is 5.94. The van der Waals surface area contributed by atoms with Gasteiger partial charge < -0.3 is 10.2 Å². The SMILES string of the molecule is CC(CC(=O)N(Cc1ccccc1F)C1CC1)NC(=O)c1ccccc1. The topological polar surface area (TPSA) is 49.4 Å². The van der Waals surface area contributed by atoms with E-state index < -0.39 is 0 Å². The van der Waals surface area contributed by atoms with Gasteiger partial charge in [-0.15, -0.1) is 0 Å². The lowest BCUT2D eigenvalue weighted by Crippen LogP contribution is -2.40. The molecule has 0 heterocycles. The summed E-state index contributed by atoms with van der Waals surface area (Å²) in [6.45, 7) is 2.09. The highest BCUT2D eigenvalue weighted by atomic mass is 19.1. The number of rotatable bonds is 7. The summed E-state index contributed by atoms with van der Waals surface area (Å²) < 4.78 is 13.9. The predicted molar refractivity (Wildman–Crippen MR) is 98.0 cm³/mol. The zero-order valence-corrected chi connectivity index (χ0v) is 14.8. The van der Waals surface area contributed by atoms with Gasteiger partial charge in [0.25, 0.3) is 5.91 Å². The van der Waals surface area contributed by atoms with Gasteiger partial charge in [-0.25, -0.2) is 4.39 Å². The van der Waals surface area contributed by atoms with Gasteiger partial charge in [0.2, 0.25) is 5.91 Å². The number of hydrogen-bond acceptors (Lipinski definition) is 2. The van der Waals surface area contributed by atoms with E-state index in [1.165, 1.54) is 6.07 Å². The van der Waals surface area contributed by atoms with E-state index in [4.69, 9.17) is 0 Å². The number of carbonyl (C=O) groups excluding carboxylic acids is 2. The molecule has 1 atom stereocenters. The number of nitrogens with zero attached hydrogens (tertiary/aromatic N) is 1. The van der Waals surface area contributed by atoms with Crippen LogP contribution in [0.3, 0.4) is 0 Å². The highest BCUT2D eigenvalue weighted by Gasteiger charge is 2.33. The molecule has 4 nitrogen and oxygen atoms in total. The van der Waals surface area contributed by atoms with Crippen LogP contribution in [0.2, 0.25) is 0 Å². The van der Waals surface area contributed by atoms with Crippen molar-refractivity contribution in [2.75, 3.05) is 0 Å². The van der Waals surface area contributed by atoms with Crippen LogP contribution in [0.1, 0.15) is 42.1 Å². The standard InChI is InChI=1S/C21H23FN2O2/c1-15(23-21(26)16-7-3-2-4-8-16)13-20(25)24(18-11-12-18)14-17-9-5-6-10-19(17)22/h2-10,15,18H,11-14H2,1H3,(H,23,26). The van der Waals surface area contributed by atoms with Gasteiger partial charge in [-0.3, -0.25) is 9.59 Å². The lowest BCUT2D eigenvalue weighted by atomic mass is 10.1. The second-order valence-electron chi connectivity index (χ2n) is 6.79. The number of hydrogen-bond donors (Lipinski definition) is 1. The van der Waals surface area contributed by atoms with Crippen LogP contribution in [-0.2, 0) is 11.3 Å². The van der Waals surface area contributed by atoms with Gasteiger partial charge in [0, 0.05) is 36.2 Å². The highest BCUT2D eigenvalue weighted by Crippen LogP contribution is 2.29. The van der Waals surface area contributed by atoms with Crippen LogP contribution in [0, 0.1) is 5.82 Å². The Morgan fingerprint density at radius 1 is 1.12 bits per heavy atom. The fraction of sp³-hybridized carbons (Fsp3) is 0.333. The maximum atomic E-state index is 13.9. The van der Waals surface area contributed by atoms with Gasteiger partial charge in [-0.2, -0.15) is 0 Å². The van der Waals surface area contributed by atoms with Crippen LogP contribution in [0.15, 0.2) is 54.6 Å². The zero-order valence-electron chi connectivity index (χ0n) is 14.8. The lowest BCUT2D eigenvalue weighted by molar-refractivity contribution is -0.132. The van der Waals surface area contributed by atoms with Crippen molar-refractivity contribution in [1.29, 1.82) is 0 Å². The number of nitrogens with one attached hydrogen (secondary N) is 1. The van der Waals surface area contributed by atoms with Crippen molar-refractivity contribution in [3.63, 3.8) is 0 Å². The summed E-state index contributed by atoms with van der Waals surface area (Å²) in [4.78, 5) is 26.7. The Hall–Kier alpha value is -2.69. The van der Waals surface area contributed by atoms with Crippen molar-refractivity contribution in [1.82, 2.24) is 10.2 Å². The first-order valence-electron chi connectivity index (χ1n) is 8.93. The average molecular weight is 354 g/mol. The van der Waals surface area contributed by atoms with Gasteiger partial charge in [0.1, 0.15) is 5.82 Å². The van der Waals surface area contributed by atoms with Crippen LogP contribution < -0.4 is 5.32 Å². The molecule has 1 saturated carbocycles. The van der Waals surface area contributed by atoms with Gasteiger partial charge in [-0.05, 0) is 38.0 Å². The van der Waals surface area contributed by atoms with Gasteiger partial charge in [-0.1, -0.05) is 36.4 Å². The second kappa shape index (κ2) is 8.13. The molecular weight excluding hydrogens is 331 g/mol. The predicted octanol–water partition coefficient (Wildman–Crippen LogP) is 3.53. The zero-order chi connectivity index (χ0) is 18.5. The largest absolute Gasteiger partial charge is 0.349 e. The third-order valence-corrected chi connectivity index (χ3v) is 4.50. The van der Waals surface area contributed by atoms with E-state index in [1.807, 2.05) is 13.0 Å². The second-order valence-corrected chi connectivity index (χ2v) is 6.79. The maximum Gasteiger partial charge on any atom is 0.251 e. The van der Waals surface area contributed by atoms with E-state index in [0.29, 0.717) is 11.1 Å². The van der Waals surface area contributed by atoms with Crippen molar-refractivity contribution in [3.05, 3.63) is 71.5 Å². The van der Waals surface area contributed by atoms with Crippen molar-refractivity contribution in [2.24, 2.45) is 0 Å². The molecule has 1 N–H and O–H groups in total. The average Bonchev–Trinajstić information content (AvgIpc) is 3.46. The summed E-state index contributed by atoms with van der Waals surface area (Å²) >= 11 is 0. The molecule has 0 saturated heterocycles. The molecule has 3 rings (SSSR count). The quantitative estimate of drug-likeness (QED) is 0.827. The van der Waals surface area contributed by atoms with E-state index in [-0.39, 0.29) is 42.7 Å². The van der Waals surface area contributed by atoms with Crippen LogP contribution in [0.25, 0.3) is 0 Å². The Kier molecular flexibility index (Phi) is 5.66. The third kappa shape index (κ3) is 4.69. The first-order valence-corrected chi connectivity index (χ1v) is 8.93. The van der Waals surface area contributed by atoms with E-state index in [0.717, 1.165) is 12.8 Å². The minimum absolute atomic E-state index is 0.0587. The molecule has 0 radical (unpaired) electrons. The molecule has 136 valence electrons. The number of benzene rings is 2. The Balaban J connectivity index is 1.59. The summed E-state index contributed by atoms with van der Waals surface area (Å²) in [6, 6.07) is 15.3. The van der Waals surface area contributed by atoms with Crippen LogP contribution in [-0.4, -0.2) is 28.8 Å². The Labute approximate surface area is 153 Å². The number of amides is 2. The summed E-state index contributed by atoms with van der Waals surface area (Å²) in [6.07, 6.45) is 2.10. The molecule has 2 aromatic rings. The summed E-state index contributed by atoms with van der Waals surface area (Å²) in [7, 11) is 0. The van der Waals surface area contributed by atoms with Gasteiger partial charge >= 0.3 is 0 Å². The van der Waals surface area contributed by atoms with E-state index in [1.54, 1.807) is 47.4 Å². The third-order valence-electron chi connectivity index (χ3n) is 4.50. The smallest absolute Gasteiger partial charge is 0.251 e.